The first-order valence-electron chi connectivity index (χ1n) is 2.47. The van der Waals surface area contributed by atoms with E-state index >= 15 is 0 Å². The van der Waals surface area contributed by atoms with Gasteiger partial charge in [-0.3, -0.25) is 14.9 Å². The van der Waals surface area contributed by atoms with E-state index in [0.29, 0.717) is 5.57 Å². The van der Waals surface area contributed by atoms with Gasteiger partial charge in [0, 0.05) is 0 Å². The first-order chi connectivity index (χ1) is 4.24. The van der Waals surface area contributed by atoms with Gasteiger partial charge in [-0.1, -0.05) is 6.58 Å². The third kappa shape index (κ3) is 0.902. The number of carbonyl (C=O) groups excluding carboxylic acids is 2. The van der Waals surface area contributed by atoms with Gasteiger partial charge < -0.3 is 0 Å². The van der Waals surface area contributed by atoms with Gasteiger partial charge in [-0.15, -0.1) is 5.73 Å². The molecule has 0 radical (unpaired) electrons. The van der Waals surface area contributed by atoms with Crippen LogP contribution in [0.2, 0.25) is 0 Å². The molecule has 3 nitrogen and oxygen atoms in total. The highest BCUT2D eigenvalue weighted by atomic mass is 16.2. The van der Waals surface area contributed by atoms with Gasteiger partial charge in [-0.05, 0) is 0 Å². The summed E-state index contributed by atoms with van der Waals surface area (Å²) in [6.45, 7) is 3.25. The van der Waals surface area contributed by atoms with Crippen molar-refractivity contribution in [1.82, 2.24) is 5.32 Å². The molecule has 3 heteroatoms. The van der Waals surface area contributed by atoms with Crippen LogP contribution in [0.3, 0.4) is 0 Å². The summed E-state index contributed by atoms with van der Waals surface area (Å²) in [6.07, 6.45) is 0.127. The summed E-state index contributed by atoms with van der Waals surface area (Å²) in [7, 11) is 0. The van der Waals surface area contributed by atoms with Crippen molar-refractivity contribution in [2.45, 2.75) is 6.42 Å². The van der Waals surface area contributed by atoms with E-state index in [1.165, 1.54) is 0 Å². The molecule has 1 saturated heterocycles. The molecule has 0 bridgehead atoms. The Hall–Kier alpha value is -1.34. The van der Waals surface area contributed by atoms with Gasteiger partial charge in [0.1, 0.15) is 0 Å². The van der Waals surface area contributed by atoms with Crippen LogP contribution < -0.4 is 5.32 Å². The maximum atomic E-state index is 10.5. The maximum Gasteiger partial charge on any atom is 0.262 e. The van der Waals surface area contributed by atoms with E-state index < -0.39 is 0 Å². The van der Waals surface area contributed by atoms with Crippen LogP contribution in [-0.4, -0.2) is 11.8 Å². The number of imide groups is 1. The molecular formula is C6H5NO2. The lowest BCUT2D eigenvalue weighted by Gasteiger charge is -1.80. The van der Waals surface area contributed by atoms with Crippen LogP contribution in [0.1, 0.15) is 6.42 Å². The Balaban J connectivity index is 2.94. The number of carbonyl (C=O) groups is 2. The Kier molecular flexibility index (Phi) is 1.21. The molecule has 0 aliphatic carbocycles. The summed E-state index contributed by atoms with van der Waals surface area (Å²) in [5, 5.41) is 2.10. The van der Waals surface area contributed by atoms with Gasteiger partial charge in [0.15, 0.2) is 0 Å². The summed E-state index contributed by atoms with van der Waals surface area (Å²) in [5.41, 5.74) is 2.71. The molecule has 0 aromatic heterocycles. The second kappa shape index (κ2) is 1.88. The number of amides is 2. The Bertz CT molecular complexity index is 223. The van der Waals surface area contributed by atoms with Crippen molar-refractivity contribution in [3.05, 3.63) is 17.9 Å². The van der Waals surface area contributed by atoms with Crippen molar-refractivity contribution in [1.29, 1.82) is 0 Å². The molecule has 1 aliphatic rings. The van der Waals surface area contributed by atoms with Crippen molar-refractivity contribution in [2.75, 3.05) is 0 Å². The van der Waals surface area contributed by atoms with Crippen LogP contribution in [0, 0.1) is 0 Å². The highest BCUT2D eigenvalue weighted by Gasteiger charge is 2.22. The van der Waals surface area contributed by atoms with Gasteiger partial charge >= 0.3 is 0 Å². The minimum absolute atomic E-state index is 0.127. The largest absolute Gasteiger partial charge is 0.292 e. The lowest BCUT2D eigenvalue weighted by atomic mass is 10.2. The Labute approximate surface area is 52.1 Å². The molecule has 0 unspecified atom stereocenters. The minimum atomic E-state index is -0.366. The topological polar surface area (TPSA) is 46.2 Å². The van der Waals surface area contributed by atoms with Gasteiger partial charge in [0.05, 0.1) is 12.0 Å². The lowest BCUT2D eigenvalue weighted by molar-refractivity contribution is -0.124. The van der Waals surface area contributed by atoms with E-state index in [9.17, 15) is 9.59 Å². The molecule has 0 aromatic carbocycles. The molecule has 1 rings (SSSR count). The summed E-state index contributed by atoms with van der Waals surface area (Å²) >= 11 is 0. The monoisotopic (exact) mass is 123 g/mol. The zero-order chi connectivity index (χ0) is 6.85. The fourth-order valence-corrected chi connectivity index (χ4v) is 0.630. The van der Waals surface area contributed by atoms with Gasteiger partial charge in [-0.2, -0.15) is 0 Å². The fourth-order valence-electron chi connectivity index (χ4n) is 0.630. The number of hydrogen-bond acceptors (Lipinski definition) is 2. The van der Waals surface area contributed by atoms with E-state index in [1.807, 2.05) is 0 Å². The van der Waals surface area contributed by atoms with E-state index in [1.54, 1.807) is 0 Å². The van der Waals surface area contributed by atoms with Crippen LogP contribution in [0.4, 0.5) is 0 Å². The van der Waals surface area contributed by atoms with Gasteiger partial charge in [0.2, 0.25) is 5.91 Å². The van der Waals surface area contributed by atoms with Gasteiger partial charge in [0.25, 0.3) is 5.91 Å². The zero-order valence-corrected chi connectivity index (χ0v) is 4.73. The second-order valence-corrected chi connectivity index (χ2v) is 1.71. The third-order valence-electron chi connectivity index (χ3n) is 1.08. The van der Waals surface area contributed by atoms with E-state index in [0.717, 1.165) is 0 Å². The van der Waals surface area contributed by atoms with Crippen molar-refractivity contribution < 1.29 is 9.59 Å². The normalized spacial score (nSPS) is 17.6. The van der Waals surface area contributed by atoms with Crippen molar-refractivity contribution in [3.63, 3.8) is 0 Å². The standard InChI is InChI=1S/C6H5NO2/c1-2-4-3-5(8)7-6(4)9/h1,3H2,(H,7,8,9). The predicted molar refractivity (Wildman–Crippen MR) is 30.4 cm³/mol. The summed E-state index contributed by atoms with van der Waals surface area (Å²) in [6, 6.07) is 0. The minimum Gasteiger partial charge on any atom is -0.292 e. The van der Waals surface area contributed by atoms with E-state index in [2.05, 4.69) is 17.6 Å². The van der Waals surface area contributed by atoms with Crippen LogP contribution in [0.15, 0.2) is 17.9 Å². The van der Waals surface area contributed by atoms with Crippen molar-refractivity contribution >= 4 is 11.8 Å². The first kappa shape index (κ1) is 5.79. The molecule has 46 valence electrons. The SMILES string of the molecule is C=C=C1CC(=O)NC1=O. The molecule has 0 spiro atoms. The molecule has 1 fully saturated rings. The number of rotatable bonds is 0. The molecule has 0 aromatic rings. The van der Waals surface area contributed by atoms with Crippen molar-refractivity contribution in [2.24, 2.45) is 0 Å². The van der Waals surface area contributed by atoms with Crippen LogP contribution >= 0.6 is 0 Å². The highest BCUT2D eigenvalue weighted by Crippen LogP contribution is 2.05. The van der Waals surface area contributed by atoms with E-state index in [-0.39, 0.29) is 18.2 Å². The smallest absolute Gasteiger partial charge is 0.262 e. The maximum absolute atomic E-state index is 10.5. The molecule has 1 aliphatic heterocycles. The predicted octanol–water partition coefficient (Wildman–Crippen LogP) is -0.256. The highest BCUT2D eigenvalue weighted by molar-refractivity contribution is 6.13. The number of hydrogen-bond donors (Lipinski definition) is 1. The number of nitrogens with one attached hydrogen (secondary N) is 1. The molecule has 0 saturated carbocycles. The molecule has 1 N–H and O–H groups in total. The third-order valence-corrected chi connectivity index (χ3v) is 1.08. The zero-order valence-electron chi connectivity index (χ0n) is 4.73. The molecular weight excluding hydrogens is 118 g/mol. The summed E-state index contributed by atoms with van der Waals surface area (Å²) in [5.74, 6) is -0.638. The summed E-state index contributed by atoms with van der Waals surface area (Å²) < 4.78 is 0. The Morgan fingerprint density at radius 3 is 2.44 bits per heavy atom. The quantitative estimate of drug-likeness (QED) is 0.274. The Morgan fingerprint density at radius 1 is 1.56 bits per heavy atom. The fraction of sp³-hybridized carbons (Fsp3) is 0.167. The van der Waals surface area contributed by atoms with Crippen LogP contribution in [0.5, 0.6) is 0 Å². The molecule has 2 amide bonds. The van der Waals surface area contributed by atoms with Crippen molar-refractivity contribution in [3.8, 4) is 0 Å². The average Bonchev–Trinajstić information content (AvgIpc) is 2.10. The van der Waals surface area contributed by atoms with Gasteiger partial charge in [-0.25, -0.2) is 0 Å². The second-order valence-electron chi connectivity index (χ2n) is 1.71. The molecule has 9 heavy (non-hydrogen) atoms. The molecule has 1 heterocycles. The average molecular weight is 123 g/mol. The first-order valence-corrected chi connectivity index (χ1v) is 2.47. The summed E-state index contributed by atoms with van der Waals surface area (Å²) in [4.78, 5) is 20.9. The Morgan fingerprint density at radius 2 is 2.22 bits per heavy atom. The van der Waals surface area contributed by atoms with Crippen LogP contribution in [-0.2, 0) is 9.59 Å². The van der Waals surface area contributed by atoms with E-state index in [4.69, 9.17) is 0 Å². The lowest BCUT2D eigenvalue weighted by Crippen LogP contribution is -2.19. The molecule has 0 atom stereocenters. The van der Waals surface area contributed by atoms with Crippen LogP contribution in [0.25, 0.3) is 0 Å².